The van der Waals surface area contributed by atoms with Gasteiger partial charge in [0.2, 0.25) is 0 Å². The number of nitrogens with zero attached hydrogens (tertiary/aromatic N) is 4. The van der Waals surface area contributed by atoms with Gasteiger partial charge in [0.15, 0.2) is 11.9 Å². The topological polar surface area (TPSA) is 114 Å². The zero-order chi connectivity index (χ0) is 12.7. The fourth-order valence-corrected chi connectivity index (χ4v) is 2.09. The number of imidazole rings is 1. The summed E-state index contributed by atoms with van der Waals surface area (Å²) in [6.07, 6.45) is 0.475. The predicted molar refractivity (Wildman–Crippen MR) is 58.3 cm³/mol. The molecular formula is C10H12N4O4. The number of rotatable bonds is 2. The molecule has 8 heteroatoms. The summed E-state index contributed by atoms with van der Waals surface area (Å²) < 4.78 is 6.95. The Balaban J connectivity index is 2.00. The van der Waals surface area contributed by atoms with Gasteiger partial charge >= 0.3 is 0 Å². The van der Waals surface area contributed by atoms with Gasteiger partial charge in [0.25, 0.3) is 0 Å². The molecule has 0 aliphatic carbocycles. The molecule has 1 aliphatic heterocycles. The highest BCUT2D eigenvalue weighted by atomic mass is 16.6. The number of fused-ring (bicyclic) bond motifs is 1. The summed E-state index contributed by atoms with van der Waals surface area (Å²) in [5.41, 5.74) is 1.06. The summed E-state index contributed by atoms with van der Waals surface area (Å²) in [5, 5.41) is 28.7. The second kappa shape index (κ2) is 4.25. The van der Waals surface area contributed by atoms with Crippen molar-refractivity contribution >= 4 is 11.2 Å². The molecule has 18 heavy (non-hydrogen) atoms. The van der Waals surface area contributed by atoms with Crippen molar-refractivity contribution in [3.63, 3.8) is 0 Å². The monoisotopic (exact) mass is 252 g/mol. The van der Waals surface area contributed by atoms with Crippen LogP contribution in [-0.2, 0) is 4.74 Å². The standard InChI is InChI=1S/C10H12N4O4/c15-2-6-7(16)8(17)10(18-6)14-4-13-9-5(14)1-11-3-12-9/h1,3-4,6-8,10,15-17H,2H2/t6-,7-,8-,10?/m1/s1. The van der Waals surface area contributed by atoms with E-state index in [9.17, 15) is 10.2 Å². The lowest BCUT2D eigenvalue weighted by Gasteiger charge is -2.16. The minimum absolute atomic E-state index is 0.363. The summed E-state index contributed by atoms with van der Waals surface area (Å²) in [4.78, 5) is 11.9. The predicted octanol–water partition coefficient (Wildman–Crippen LogP) is -1.56. The average molecular weight is 252 g/mol. The van der Waals surface area contributed by atoms with E-state index in [1.165, 1.54) is 12.7 Å². The Hall–Kier alpha value is -1.61. The van der Waals surface area contributed by atoms with E-state index in [1.54, 1.807) is 10.8 Å². The van der Waals surface area contributed by atoms with Crippen LogP contribution in [0.25, 0.3) is 11.2 Å². The Kier molecular flexibility index (Phi) is 2.71. The Labute approximate surface area is 102 Å². The van der Waals surface area contributed by atoms with Gasteiger partial charge in [-0.3, -0.25) is 4.57 Å². The zero-order valence-electron chi connectivity index (χ0n) is 9.29. The molecule has 0 amide bonds. The molecule has 2 aromatic heterocycles. The fourth-order valence-electron chi connectivity index (χ4n) is 2.09. The van der Waals surface area contributed by atoms with E-state index < -0.39 is 24.5 Å². The van der Waals surface area contributed by atoms with Gasteiger partial charge in [0.05, 0.1) is 19.1 Å². The molecular weight excluding hydrogens is 240 g/mol. The van der Waals surface area contributed by atoms with Crippen molar-refractivity contribution in [2.75, 3.05) is 6.61 Å². The van der Waals surface area contributed by atoms with Crippen LogP contribution in [0.15, 0.2) is 18.9 Å². The van der Waals surface area contributed by atoms with Crippen molar-refractivity contribution in [3.8, 4) is 0 Å². The highest BCUT2D eigenvalue weighted by Crippen LogP contribution is 2.30. The smallest absolute Gasteiger partial charge is 0.180 e. The summed E-state index contributed by atoms with van der Waals surface area (Å²) in [7, 11) is 0. The lowest BCUT2D eigenvalue weighted by atomic mass is 10.1. The summed E-state index contributed by atoms with van der Waals surface area (Å²) in [6.45, 7) is -0.363. The first-order valence-corrected chi connectivity index (χ1v) is 5.47. The molecule has 1 aliphatic rings. The molecule has 1 fully saturated rings. The Bertz CT molecular complexity index is 560. The summed E-state index contributed by atoms with van der Waals surface area (Å²) in [5.74, 6) is 0. The molecule has 0 radical (unpaired) electrons. The van der Waals surface area contributed by atoms with Crippen LogP contribution in [0.3, 0.4) is 0 Å². The van der Waals surface area contributed by atoms with Gasteiger partial charge in [0, 0.05) is 0 Å². The fraction of sp³-hybridized carbons (Fsp3) is 0.500. The summed E-state index contributed by atoms with van der Waals surface area (Å²) >= 11 is 0. The molecule has 0 saturated carbocycles. The van der Waals surface area contributed by atoms with E-state index >= 15 is 0 Å². The van der Waals surface area contributed by atoms with Crippen molar-refractivity contribution in [1.29, 1.82) is 0 Å². The van der Waals surface area contributed by atoms with Crippen LogP contribution in [0, 0.1) is 0 Å². The van der Waals surface area contributed by atoms with Gasteiger partial charge in [-0.15, -0.1) is 0 Å². The highest BCUT2D eigenvalue weighted by molar-refractivity contribution is 5.69. The van der Waals surface area contributed by atoms with E-state index in [0.29, 0.717) is 11.2 Å². The molecule has 3 rings (SSSR count). The normalized spacial score (nSPS) is 32.2. The largest absolute Gasteiger partial charge is 0.394 e. The van der Waals surface area contributed by atoms with Gasteiger partial charge in [-0.1, -0.05) is 0 Å². The zero-order valence-corrected chi connectivity index (χ0v) is 9.29. The highest BCUT2D eigenvalue weighted by Gasteiger charge is 2.43. The molecule has 0 aromatic carbocycles. The second-order valence-corrected chi connectivity index (χ2v) is 4.11. The van der Waals surface area contributed by atoms with Gasteiger partial charge in [-0.2, -0.15) is 0 Å². The van der Waals surface area contributed by atoms with E-state index in [4.69, 9.17) is 9.84 Å². The molecule has 1 saturated heterocycles. The van der Waals surface area contributed by atoms with Gasteiger partial charge in [-0.05, 0) is 0 Å². The number of ether oxygens (including phenoxy) is 1. The SMILES string of the molecule is OC[C@H]1OC(n2cnc3ncncc32)[C@H](O)[C@@H]1O. The molecule has 3 heterocycles. The lowest BCUT2D eigenvalue weighted by Crippen LogP contribution is -2.33. The first-order valence-electron chi connectivity index (χ1n) is 5.47. The number of hydrogen-bond donors (Lipinski definition) is 3. The minimum Gasteiger partial charge on any atom is -0.394 e. The Morgan fingerprint density at radius 2 is 2.11 bits per heavy atom. The number of aromatic nitrogens is 4. The molecule has 8 nitrogen and oxygen atoms in total. The van der Waals surface area contributed by atoms with Crippen LogP contribution in [0.2, 0.25) is 0 Å². The Morgan fingerprint density at radius 1 is 1.28 bits per heavy atom. The number of aliphatic hydroxyl groups is 3. The molecule has 4 atom stereocenters. The van der Waals surface area contributed by atoms with Gasteiger partial charge in [-0.25, -0.2) is 15.0 Å². The third kappa shape index (κ3) is 1.58. The van der Waals surface area contributed by atoms with Crippen LogP contribution in [0.1, 0.15) is 6.23 Å². The van der Waals surface area contributed by atoms with E-state index in [-0.39, 0.29) is 6.61 Å². The first kappa shape index (κ1) is 11.5. The maximum atomic E-state index is 9.91. The average Bonchev–Trinajstić information content (AvgIpc) is 2.93. The number of hydrogen-bond acceptors (Lipinski definition) is 7. The lowest BCUT2D eigenvalue weighted by molar-refractivity contribution is -0.0509. The molecule has 3 N–H and O–H groups in total. The minimum atomic E-state index is -1.14. The first-order chi connectivity index (χ1) is 8.72. The molecule has 1 unspecified atom stereocenters. The maximum Gasteiger partial charge on any atom is 0.180 e. The van der Waals surface area contributed by atoms with Crippen LogP contribution in [-0.4, -0.2) is 59.8 Å². The van der Waals surface area contributed by atoms with Crippen molar-refractivity contribution < 1.29 is 20.1 Å². The van der Waals surface area contributed by atoms with E-state index in [2.05, 4.69) is 15.0 Å². The maximum absolute atomic E-state index is 9.91. The second-order valence-electron chi connectivity index (χ2n) is 4.11. The van der Waals surface area contributed by atoms with Crippen LogP contribution in [0.4, 0.5) is 0 Å². The number of aliphatic hydroxyl groups excluding tert-OH is 3. The Morgan fingerprint density at radius 3 is 2.83 bits per heavy atom. The van der Waals surface area contributed by atoms with Gasteiger partial charge in [0.1, 0.15) is 30.2 Å². The molecule has 0 bridgehead atoms. The van der Waals surface area contributed by atoms with Crippen LogP contribution >= 0.6 is 0 Å². The molecule has 96 valence electrons. The molecule has 0 spiro atoms. The molecule has 2 aromatic rings. The van der Waals surface area contributed by atoms with E-state index in [1.807, 2.05) is 0 Å². The van der Waals surface area contributed by atoms with Crippen molar-refractivity contribution in [2.45, 2.75) is 24.5 Å². The third-order valence-corrected chi connectivity index (χ3v) is 3.05. The van der Waals surface area contributed by atoms with E-state index in [0.717, 1.165) is 0 Å². The van der Waals surface area contributed by atoms with Crippen molar-refractivity contribution in [1.82, 2.24) is 19.5 Å². The third-order valence-electron chi connectivity index (χ3n) is 3.05. The van der Waals surface area contributed by atoms with Crippen molar-refractivity contribution in [3.05, 3.63) is 18.9 Å². The quantitative estimate of drug-likeness (QED) is 0.592. The van der Waals surface area contributed by atoms with Gasteiger partial charge < -0.3 is 20.1 Å². The van der Waals surface area contributed by atoms with Crippen molar-refractivity contribution in [2.24, 2.45) is 0 Å². The summed E-state index contributed by atoms with van der Waals surface area (Å²) in [6, 6.07) is 0. The van der Waals surface area contributed by atoms with Crippen LogP contribution in [0.5, 0.6) is 0 Å². The van der Waals surface area contributed by atoms with Crippen LogP contribution < -0.4 is 0 Å².